The molecule has 4 aromatic rings. The molecule has 0 radical (unpaired) electrons. The predicted octanol–water partition coefficient (Wildman–Crippen LogP) is 2.50. The van der Waals surface area contributed by atoms with Crippen molar-refractivity contribution in [1.29, 1.82) is 0 Å². The maximum absolute atomic E-state index is 11.9. The molecule has 0 spiro atoms. The van der Waals surface area contributed by atoms with Gasteiger partial charge in [0.2, 0.25) is 0 Å². The zero-order valence-corrected chi connectivity index (χ0v) is 21.8. The van der Waals surface area contributed by atoms with Gasteiger partial charge in [-0.05, 0) is 65.2 Å². The topological polar surface area (TPSA) is 118 Å². The molecule has 0 aliphatic carbocycles. The van der Waals surface area contributed by atoms with E-state index in [0.717, 1.165) is 54.1 Å². The maximum atomic E-state index is 11.9. The van der Waals surface area contributed by atoms with E-state index in [1.807, 2.05) is 31.2 Å². The number of hydrogen-bond acceptors (Lipinski definition) is 9. The molecule has 2 N–H and O–H groups in total. The highest BCUT2D eigenvalue weighted by Crippen LogP contribution is 2.36. The molecule has 2 atom stereocenters. The Balaban J connectivity index is 1.13. The second-order valence-electron chi connectivity index (χ2n) is 10.4. The number of carbonyl (C=O) groups excluding carboxylic acids is 1. The van der Waals surface area contributed by atoms with Crippen LogP contribution in [0.3, 0.4) is 0 Å². The van der Waals surface area contributed by atoms with Crippen molar-refractivity contribution in [2.75, 3.05) is 26.2 Å². The highest BCUT2D eigenvalue weighted by atomic mass is 16.5. The van der Waals surface area contributed by atoms with E-state index in [1.165, 1.54) is 5.56 Å². The molecule has 2 aromatic heterocycles. The summed E-state index contributed by atoms with van der Waals surface area (Å²) in [6, 6.07) is 18.2. The van der Waals surface area contributed by atoms with Gasteiger partial charge in [-0.2, -0.15) is 4.68 Å². The molecule has 10 heteroatoms. The number of pyridine rings is 1. The molecule has 1 fully saturated rings. The third-order valence-electron chi connectivity index (χ3n) is 8.01. The number of esters is 1. The van der Waals surface area contributed by atoms with Gasteiger partial charge in [-0.1, -0.05) is 36.4 Å². The first-order valence-electron chi connectivity index (χ1n) is 13.2. The van der Waals surface area contributed by atoms with Gasteiger partial charge < -0.3 is 15.2 Å². The highest BCUT2D eigenvalue weighted by molar-refractivity contribution is 5.93. The van der Waals surface area contributed by atoms with Gasteiger partial charge in [-0.25, -0.2) is 4.79 Å². The van der Waals surface area contributed by atoms with Crippen molar-refractivity contribution in [2.24, 2.45) is 0 Å². The smallest absolute Gasteiger partial charge is 0.338 e. The van der Waals surface area contributed by atoms with Gasteiger partial charge in [0, 0.05) is 37.2 Å². The molecule has 6 rings (SSSR count). The summed E-state index contributed by atoms with van der Waals surface area (Å²) >= 11 is 0. The van der Waals surface area contributed by atoms with Crippen molar-refractivity contribution in [3.63, 3.8) is 0 Å². The van der Waals surface area contributed by atoms with E-state index >= 15 is 0 Å². The monoisotopic (exact) mass is 525 g/mol. The molecule has 4 heterocycles. The minimum atomic E-state index is -0.645. The van der Waals surface area contributed by atoms with Crippen LogP contribution in [-0.4, -0.2) is 67.3 Å². The summed E-state index contributed by atoms with van der Waals surface area (Å²) in [5.41, 5.74) is 6.26. The number of hydrogen-bond donors (Lipinski definition) is 2. The molecule has 200 valence electrons. The number of nitrogens with zero attached hydrogens (tertiary/aromatic N) is 6. The first-order chi connectivity index (χ1) is 19.0. The van der Waals surface area contributed by atoms with Gasteiger partial charge >= 0.3 is 5.97 Å². The molecule has 2 aromatic carbocycles. The van der Waals surface area contributed by atoms with Crippen LogP contribution in [0, 0.1) is 6.92 Å². The molecule has 10 nitrogen and oxygen atoms in total. The number of likely N-dealkylation sites (tertiary alicyclic amines) is 1. The van der Waals surface area contributed by atoms with Gasteiger partial charge in [0.25, 0.3) is 0 Å². The van der Waals surface area contributed by atoms with E-state index in [4.69, 9.17) is 4.74 Å². The lowest BCUT2D eigenvalue weighted by atomic mass is 9.79. The summed E-state index contributed by atoms with van der Waals surface area (Å²) in [6.45, 7) is 5.92. The van der Waals surface area contributed by atoms with Crippen LogP contribution in [0.4, 0.5) is 0 Å². The number of nitrogens with one attached hydrogen (secondary N) is 1. The zero-order valence-electron chi connectivity index (χ0n) is 21.8. The summed E-state index contributed by atoms with van der Waals surface area (Å²) in [5, 5.41) is 26.1. The second-order valence-corrected chi connectivity index (χ2v) is 10.4. The van der Waals surface area contributed by atoms with Gasteiger partial charge in [-0.3, -0.25) is 9.88 Å². The number of benzene rings is 2. The van der Waals surface area contributed by atoms with Crippen molar-refractivity contribution in [3.05, 3.63) is 101 Å². The van der Waals surface area contributed by atoms with Gasteiger partial charge in [0.1, 0.15) is 12.9 Å². The number of carbonyl (C=O) groups is 1. The number of fused-ring (bicyclic) bond motifs is 1. The number of aliphatic hydroxyl groups is 1. The van der Waals surface area contributed by atoms with E-state index in [0.29, 0.717) is 18.7 Å². The number of rotatable bonds is 9. The minimum Gasteiger partial charge on any atom is -0.457 e. The molecule has 2 aliphatic rings. The zero-order chi connectivity index (χ0) is 26.8. The SMILES string of the molecule is Cc1c(C(O)CN2CCC(CNCc3ccc(-n4cnnn4)cn3)(c3ccccc3)C2)ccc2c1COC2=O. The van der Waals surface area contributed by atoms with Crippen LogP contribution in [0.5, 0.6) is 0 Å². The van der Waals surface area contributed by atoms with E-state index in [2.05, 4.69) is 55.0 Å². The lowest BCUT2D eigenvalue weighted by Crippen LogP contribution is -2.41. The number of aliphatic hydroxyl groups excluding tert-OH is 1. The second kappa shape index (κ2) is 10.6. The largest absolute Gasteiger partial charge is 0.457 e. The van der Waals surface area contributed by atoms with Crippen molar-refractivity contribution in [2.45, 2.75) is 38.0 Å². The van der Waals surface area contributed by atoms with Crippen molar-refractivity contribution in [1.82, 2.24) is 35.4 Å². The average molecular weight is 526 g/mol. The Hall–Kier alpha value is -3.99. The van der Waals surface area contributed by atoms with E-state index in [9.17, 15) is 9.90 Å². The molecule has 0 amide bonds. The lowest BCUT2D eigenvalue weighted by molar-refractivity contribution is 0.0535. The van der Waals surface area contributed by atoms with Crippen molar-refractivity contribution >= 4 is 5.97 Å². The fourth-order valence-electron chi connectivity index (χ4n) is 5.83. The highest BCUT2D eigenvalue weighted by Gasteiger charge is 2.40. The molecular weight excluding hydrogens is 494 g/mol. The summed E-state index contributed by atoms with van der Waals surface area (Å²) in [7, 11) is 0. The third kappa shape index (κ3) is 5.06. The normalized spacial score (nSPS) is 19.7. The quantitative estimate of drug-likeness (QED) is 0.318. The summed E-state index contributed by atoms with van der Waals surface area (Å²) < 4.78 is 6.77. The lowest BCUT2D eigenvalue weighted by Gasteiger charge is -2.31. The summed E-state index contributed by atoms with van der Waals surface area (Å²) in [4.78, 5) is 18.8. The van der Waals surface area contributed by atoms with Crippen LogP contribution in [-0.2, 0) is 23.3 Å². The maximum Gasteiger partial charge on any atom is 0.338 e. The molecule has 2 aliphatic heterocycles. The fraction of sp³-hybridized carbons (Fsp3) is 0.345. The Morgan fingerprint density at radius 2 is 2.03 bits per heavy atom. The molecule has 1 saturated heterocycles. The number of β-amino-alcohol motifs (C(OH)–C–C–N with tert-alkyl or cyclic N) is 1. The minimum absolute atomic E-state index is 0.0828. The van der Waals surface area contributed by atoms with E-state index in [1.54, 1.807) is 23.3 Å². The Bertz CT molecular complexity index is 1440. The first kappa shape index (κ1) is 25.3. The van der Waals surface area contributed by atoms with Crippen LogP contribution in [0.15, 0.2) is 67.1 Å². The average Bonchev–Trinajstić information content (AvgIpc) is 3.72. The Morgan fingerprint density at radius 1 is 1.15 bits per heavy atom. The van der Waals surface area contributed by atoms with Gasteiger partial charge in [0.05, 0.1) is 29.2 Å². The molecule has 2 unspecified atom stereocenters. The molecular formula is C29H31N7O3. The van der Waals surface area contributed by atoms with Crippen LogP contribution >= 0.6 is 0 Å². The van der Waals surface area contributed by atoms with Crippen molar-refractivity contribution in [3.8, 4) is 5.69 Å². The molecule has 0 saturated carbocycles. The van der Waals surface area contributed by atoms with Crippen LogP contribution < -0.4 is 5.32 Å². The molecule has 39 heavy (non-hydrogen) atoms. The Morgan fingerprint density at radius 3 is 2.79 bits per heavy atom. The number of tetrazole rings is 1. The summed E-state index contributed by atoms with van der Waals surface area (Å²) in [5.74, 6) is -0.285. The van der Waals surface area contributed by atoms with E-state index in [-0.39, 0.29) is 18.0 Å². The summed E-state index contributed by atoms with van der Waals surface area (Å²) in [6.07, 6.45) is 3.64. The van der Waals surface area contributed by atoms with Gasteiger partial charge in [0.15, 0.2) is 0 Å². The number of cyclic esters (lactones) is 1. The van der Waals surface area contributed by atoms with E-state index < -0.39 is 6.10 Å². The van der Waals surface area contributed by atoms with Gasteiger partial charge in [-0.15, -0.1) is 5.10 Å². The van der Waals surface area contributed by atoms with Crippen LogP contribution in [0.2, 0.25) is 0 Å². The molecule has 0 bridgehead atoms. The number of ether oxygens (including phenoxy) is 1. The Kier molecular flexibility index (Phi) is 6.90. The fourth-order valence-corrected chi connectivity index (χ4v) is 5.83. The van der Waals surface area contributed by atoms with Crippen LogP contribution in [0.25, 0.3) is 5.69 Å². The standard InChI is InChI=1S/C29H31N7O3/c1-20-24(9-10-25-26(20)16-39-28(25)38)27(37)15-35-12-11-29(18-35,21-5-3-2-4-6-21)17-30-13-22-7-8-23(14-31-22)36-19-32-33-34-36/h2-10,14,19,27,30,37H,11-13,15-18H2,1H3. The first-order valence-corrected chi connectivity index (χ1v) is 13.2. The van der Waals surface area contributed by atoms with Crippen molar-refractivity contribution < 1.29 is 14.6 Å². The third-order valence-corrected chi connectivity index (χ3v) is 8.01. The number of aromatic nitrogens is 5. The predicted molar refractivity (Wildman–Crippen MR) is 143 cm³/mol. The Labute approximate surface area is 226 Å². The van der Waals surface area contributed by atoms with Crippen LogP contribution in [0.1, 0.15) is 50.8 Å².